The minimum absolute atomic E-state index is 0.0431. The highest BCUT2D eigenvalue weighted by molar-refractivity contribution is 7.89. The summed E-state index contributed by atoms with van der Waals surface area (Å²) in [5.74, 6) is -1.24. The lowest BCUT2D eigenvalue weighted by Crippen LogP contribution is -2.65. The number of primary sulfonamides is 1. The highest BCUT2D eigenvalue weighted by Gasteiger charge is 2.68. The van der Waals surface area contributed by atoms with Gasteiger partial charge in [0.05, 0.1) is 28.5 Å². The van der Waals surface area contributed by atoms with Crippen molar-refractivity contribution in [1.29, 1.82) is 0 Å². The second kappa shape index (κ2) is 14.7. The second-order valence-electron chi connectivity index (χ2n) is 15.5. The number of carbonyl (C=O) groups is 3. The average Bonchev–Trinajstić information content (AvgIpc) is 3.42. The molecule has 4 aliphatic rings. The summed E-state index contributed by atoms with van der Waals surface area (Å²) >= 11 is 0. The summed E-state index contributed by atoms with van der Waals surface area (Å²) in [5, 5.41) is 11.1. The Hall–Kier alpha value is -3.06. The number of rotatable bonds is 15. The summed E-state index contributed by atoms with van der Waals surface area (Å²) in [6.07, 6.45) is 5.56. The molecule has 2 aromatic carbocycles. The number of Topliss-reactive ketones (excluding diaryl/α,β-unsaturated/α-hetero) is 1. The van der Waals surface area contributed by atoms with Crippen LogP contribution in [-0.2, 0) is 30.5 Å². The average molecular weight is 694 g/mol. The number of benzene rings is 2. The van der Waals surface area contributed by atoms with E-state index in [-0.39, 0.29) is 52.6 Å². The number of unbranched alkanes of at least 4 members (excludes halogenated alkanes) is 1. The molecule has 0 spiro atoms. The molecule has 3 saturated carbocycles. The van der Waals surface area contributed by atoms with E-state index in [1.54, 1.807) is 12.1 Å². The van der Waals surface area contributed by atoms with Crippen LogP contribution in [0.15, 0.2) is 53.4 Å². The monoisotopic (exact) mass is 693 g/mol. The quantitative estimate of drug-likeness (QED) is 0.173. The van der Waals surface area contributed by atoms with Crippen LogP contribution in [0.3, 0.4) is 0 Å². The fourth-order valence-corrected chi connectivity index (χ4v) is 8.58. The normalized spacial score (nSPS) is 25.2. The summed E-state index contributed by atoms with van der Waals surface area (Å²) in [4.78, 5) is 40.6. The lowest BCUT2D eigenvalue weighted by molar-refractivity contribution is -0.199. The Labute approximate surface area is 291 Å². The zero-order chi connectivity index (χ0) is 35.7. The number of hydrogen-bond donors (Lipinski definition) is 3. The molecule has 2 aromatic rings. The maximum absolute atomic E-state index is 14.1. The zero-order valence-corrected chi connectivity index (χ0v) is 30.5. The SMILES string of the molecule is CCCCc1ccc(C(=O)C[C@@H](CNC(=O)c2ccc(S(N)(=O)=O)cc2)C(=O)N[C@@H](CC(C)C)B2O[C@@H]3C[C@@H]4C[C@@H](C4(C)C)[C@]3(C)O2)cc1. The maximum atomic E-state index is 14.1. The van der Waals surface area contributed by atoms with Gasteiger partial charge in [0.25, 0.3) is 5.91 Å². The van der Waals surface area contributed by atoms with Crippen LogP contribution in [0.25, 0.3) is 0 Å². The third kappa shape index (κ3) is 8.13. The Bertz CT molecular complexity index is 1630. The van der Waals surface area contributed by atoms with Crippen LogP contribution in [-0.4, -0.2) is 57.3 Å². The van der Waals surface area contributed by atoms with Crippen LogP contribution in [0.2, 0.25) is 0 Å². The van der Waals surface area contributed by atoms with Crippen LogP contribution >= 0.6 is 0 Å². The molecule has 1 saturated heterocycles. The molecule has 49 heavy (non-hydrogen) atoms. The van der Waals surface area contributed by atoms with Gasteiger partial charge in [-0.05, 0) is 92.0 Å². The predicted octanol–water partition coefficient (Wildman–Crippen LogP) is 5.09. The lowest BCUT2D eigenvalue weighted by Gasteiger charge is -2.64. The van der Waals surface area contributed by atoms with Crippen molar-refractivity contribution in [2.45, 2.75) is 109 Å². The summed E-state index contributed by atoms with van der Waals surface area (Å²) in [5.41, 5.74) is 1.59. The maximum Gasteiger partial charge on any atom is 0.481 e. The number of aryl methyl sites for hydroxylation is 1. The van der Waals surface area contributed by atoms with Crippen LogP contribution in [0, 0.1) is 29.1 Å². The van der Waals surface area contributed by atoms with E-state index < -0.39 is 40.5 Å². The van der Waals surface area contributed by atoms with E-state index in [0.29, 0.717) is 23.8 Å². The number of nitrogens with two attached hydrogens (primary N) is 1. The van der Waals surface area contributed by atoms with Gasteiger partial charge in [0.2, 0.25) is 15.9 Å². The van der Waals surface area contributed by atoms with Crippen molar-refractivity contribution in [1.82, 2.24) is 10.6 Å². The van der Waals surface area contributed by atoms with Crippen molar-refractivity contribution in [3.05, 3.63) is 65.2 Å². The summed E-state index contributed by atoms with van der Waals surface area (Å²) in [6, 6.07) is 12.7. The molecule has 6 atom stereocenters. The van der Waals surface area contributed by atoms with E-state index in [4.69, 9.17) is 14.4 Å². The molecule has 266 valence electrons. The van der Waals surface area contributed by atoms with Gasteiger partial charge in [-0.25, -0.2) is 13.6 Å². The zero-order valence-electron chi connectivity index (χ0n) is 29.7. The Kier molecular flexibility index (Phi) is 11.1. The molecular formula is C37H52BN3O7S. The fraction of sp³-hybridized carbons (Fsp3) is 0.595. The first kappa shape index (κ1) is 37.2. The van der Waals surface area contributed by atoms with Gasteiger partial charge in [-0.15, -0.1) is 0 Å². The summed E-state index contributed by atoms with van der Waals surface area (Å²) in [7, 11) is -4.55. The molecular weight excluding hydrogens is 641 g/mol. The van der Waals surface area contributed by atoms with Gasteiger partial charge >= 0.3 is 7.12 Å². The second-order valence-corrected chi connectivity index (χ2v) is 17.0. The first-order valence-electron chi connectivity index (χ1n) is 17.7. The number of carbonyl (C=O) groups excluding carboxylic acids is 3. The van der Waals surface area contributed by atoms with Gasteiger partial charge in [-0.1, -0.05) is 65.3 Å². The summed E-state index contributed by atoms with van der Waals surface area (Å²) < 4.78 is 36.6. The molecule has 0 radical (unpaired) electrons. The molecule has 2 bridgehead atoms. The van der Waals surface area contributed by atoms with Gasteiger partial charge in [0.15, 0.2) is 5.78 Å². The minimum atomic E-state index is -3.92. The van der Waals surface area contributed by atoms with E-state index in [9.17, 15) is 22.8 Å². The molecule has 12 heteroatoms. The molecule has 4 N–H and O–H groups in total. The fourth-order valence-electron chi connectivity index (χ4n) is 8.07. The van der Waals surface area contributed by atoms with Gasteiger partial charge in [-0.2, -0.15) is 0 Å². The largest absolute Gasteiger partial charge is 0.481 e. The van der Waals surface area contributed by atoms with E-state index in [2.05, 4.69) is 52.2 Å². The first-order valence-corrected chi connectivity index (χ1v) is 19.2. The minimum Gasteiger partial charge on any atom is -0.404 e. The molecule has 2 amide bonds. The van der Waals surface area contributed by atoms with Crippen LogP contribution in [0.5, 0.6) is 0 Å². The number of amides is 2. The third-order valence-corrected chi connectivity index (χ3v) is 12.1. The lowest BCUT2D eigenvalue weighted by atomic mass is 9.43. The molecule has 4 fully saturated rings. The molecule has 1 heterocycles. The molecule has 3 aliphatic carbocycles. The Morgan fingerprint density at radius 3 is 2.24 bits per heavy atom. The smallest absolute Gasteiger partial charge is 0.404 e. The Balaban J connectivity index is 1.32. The van der Waals surface area contributed by atoms with Crippen LogP contribution in [0.1, 0.15) is 106 Å². The van der Waals surface area contributed by atoms with Crippen molar-refractivity contribution in [3.63, 3.8) is 0 Å². The van der Waals surface area contributed by atoms with Crippen molar-refractivity contribution in [2.75, 3.05) is 6.54 Å². The van der Waals surface area contributed by atoms with Crippen LogP contribution < -0.4 is 15.8 Å². The molecule has 0 unspecified atom stereocenters. The number of ketones is 1. The molecule has 0 aromatic heterocycles. The number of nitrogens with one attached hydrogen (secondary N) is 2. The number of sulfonamides is 1. The van der Waals surface area contributed by atoms with Gasteiger partial charge in [0, 0.05) is 24.1 Å². The van der Waals surface area contributed by atoms with Crippen molar-refractivity contribution in [3.8, 4) is 0 Å². The first-order chi connectivity index (χ1) is 23.0. The molecule has 1 aliphatic heterocycles. The highest BCUT2D eigenvalue weighted by Crippen LogP contribution is 2.65. The molecule has 6 rings (SSSR count). The van der Waals surface area contributed by atoms with Gasteiger partial charge in [-0.3, -0.25) is 14.4 Å². The Morgan fingerprint density at radius 1 is 1.00 bits per heavy atom. The summed E-state index contributed by atoms with van der Waals surface area (Å²) in [6.45, 7) is 12.9. The van der Waals surface area contributed by atoms with Crippen molar-refractivity contribution in [2.24, 2.45) is 34.2 Å². The van der Waals surface area contributed by atoms with E-state index in [1.807, 2.05) is 12.1 Å². The highest BCUT2D eigenvalue weighted by atomic mass is 32.2. The topological polar surface area (TPSA) is 154 Å². The predicted molar refractivity (Wildman–Crippen MR) is 189 cm³/mol. The Morgan fingerprint density at radius 2 is 1.65 bits per heavy atom. The van der Waals surface area contributed by atoms with Crippen molar-refractivity contribution < 1.29 is 32.1 Å². The molecule has 10 nitrogen and oxygen atoms in total. The van der Waals surface area contributed by atoms with Gasteiger partial charge in [0.1, 0.15) is 0 Å². The van der Waals surface area contributed by atoms with Gasteiger partial charge < -0.3 is 19.9 Å². The standard InChI is InChI=1S/C37H52BN3O7S/c1-7-8-9-24-10-12-25(13-11-24)30(42)19-27(22-40-34(43)26-14-16-29(17-15-26)49(39,45)46)35(44)41-33(18-23(2)3)38-47-32-21-28-20-31(36(28,4)5)37(32,6)48-38/h10-17,23,27-28,31-33H,7-9,18-22H2,1-6H3,(H,40,43)(H,41,44)(H2,39,45,46)/t27-,28-,31-,32+,33-,37-/m0/s1. The van der Waals surface area contributed by atoms with E-state index >= 15 is 0 Å². The van der Waals surface area contributed by atoms with Crippen LogP contribution in [0.4, 0.5) is 0 Å². The van der Waals surface area contributed by atoms with E-state index in [1.165, 1.54) is 24.3 Å². The number of hydrogen-bond acceptors (Lipinski definition) is 7. The van der Waals surface area contributed by atoms with Crippen molar-refractivity contribution >= 4 is 34.7 Å². The third-order valence-electron chi connectivity index (χ3n) is 11.2. The van der Waals surface area contributed by atoms with E-state index in [0.717, 1.165) is 37.7 Å².